The van der Waals surface area contributed by atoms with Gasteiger partial charge in [0.05, 0.1) is 27.0 Å². The van der Waals surface area contributed by atoms with Gasteiger partial charge in [-0.2, -0.15) is 5.10 Å². The van der Waals surface area contributed by atoms with Crippen LogP contribution in [-0.2, 0) is 0 Å². The molecule has 27 heavy (non-hydrogen) atoms. The van der Waals surface area contributed by atoms with Crippen LogP contribution in [0, 0.1) is 0 Å². The first-order valence-electron chi connectivity index (χ1n) is 8.37. The van der Waals surface area contributed by atoms with Gasteiger partial charge in [-0.3, -0.25) is 5.43 Å². The first-order valence-corrected chi connectivity index (χ1v) is 8.37. The van der Waals surface area contributed by atoms with E-state index in [4.69, 9.17) is 23.7 Å². The fourth-order valence-electron chi connectivity index (χ4n) is 3.26. The second-order valence-electron chi connectivity index (χ2n) is 6.08. The van der Waals surface area contributed by atoms with Crippen molar-refractivity contribution < 1.29 is 28.8 Å². The molecule has 2 atom stereocenters. The van der Waals surface area contributed by atoms with Crippen molar-refractivity contribution >= 4 is 5.71 Å². The van der Waals surface area contributed by atoms with Crippen LogP contribution in [0.25, 0.3) is 0 Å². The van der Waals surface area contributed by atoms with Gasteiger partial charge in [0.2, 0.25) is 12.5 Å². The molecular formula is C19H20N2O6. The van der Waals surface area contributed by atoms with Gasteiger partial charge in [0, 0.05) is 5.56 Å². The van der Waals surface area contributed by atoms with Crippen molar-refractivity contribution in [3.8, 4) is 28.7 Å². The van der Waals surface area contributed by atoms with Crippen molar-refractivity contribution in [3.05, 3.63) is 41.5 Å². The highest BCUT2D eigenvalue weighted by Crippen LogP contribution is 2.40. The number of fused-ring (bicyclic) bond motifs is 1. The molecule has 0 fully saturated rings. The number of ether oxygens (including phenoxy) is 5. The summed E-state index contributed by atoms with van der Waals surface area (Å²) in [6, 6.07) is 8.65. The molecule has 2 aromatic rings. The molecule has 8 heteroatoms. The van der Waals surface area contributed by atoms with Crippen LogP contribution < -0.4 is 29.1 Å². The maximum Gasteiger partial charge on any atom is 0.231 e. The molecule has 8 nitrogen and oxygen atoms in total. The Hall–Kier alpha value is -3.13. The van der Waals surface area contributed by atoms with Gasteiger partial charge in [-0.15, -0.1) is 0 Å². The van der Waals surface area contributed by atoms with Crippen LogP contribution >= 0.6 is 0 Å². The minimum Gasteiger partial charge on any atom is -0.493 e. The van der Waals surface area contributed by atoms with Crippen LogP contribution in [0.3, 0.4) is 0 Å². The molecule has 0 aromatic heterocycles. The molecule has 0 spiro atoms. The number of hydrazone groups is 1. The molecule has 2 aliphatic heterocycles. The van der Waals surface area contributed by atoms with Crippen molar-refractivity contribution in [2.75, 3.05) is 28.1 Å². The Morgan fingerprint density at radius 3 is 2.37 bits per heavy atom. The molecule has 2 unspecified atom stereocenters. The topological polar surface area (TPSA) is 90.8 Å². The number of rotatable bonds is 5. The summed E-state index contributed by atoms with van der Waals surface area (Å²) in [6.07, 6.45) is -0.867. The molecule has 0 radical (unpaired) electrons. The summed E-state index contributed by atoms with van der Waals surface area (Å²) in [5, 5.41) is 15.2. The van der Waals surface area contributed by atoms with Gasteiger partial charge in [-0.1, -0.05) is 6.07 Å². The van der Waals surface area contributed by atoms with E-state index in [1.807, 2.05) is 18.2 Å². The normalized spacial score (nSPS) is 20.1. The van der Waals surface area contributed by atoms with Gasteiger partial charge < -0.3 is 28.8 Å². The van der Waals surface area contributed by atoms with Crippen LogP contribution in [-0.4, -0.2) is 45.0 Å². The lowest BCUT2D eigenvalue weighted by Gasteiger charge is -2.18. The van der Waals surface area contributed by atoms with Crippen molar-refractivity contribution in [3.63, 3.8) is 0 Å². The third-order valence-corrected chi connectivity index (χ3v) is 4.64. The molecule has 4 rings (SSSR count). The number of methoxy groups -OCH3 is 3. The lowest BCUT2D eigenvalue weighted by atomic mass is 9.95. The summed E-state index contributed by atoms with van der Waals surface area (Å²) in [5.74, 6) is 2.82. The quantitative estimate of drug-likeness (QED) is 0.828. The van der Waals surface area contributed by atoms with Gasteiger partial charge in [0.15, 0.2) is 23.0 Å². The summed E-state index contributed by atoms with van der Waals surface area (Å²) in [5.41, 5.74) is 5.00. The summed E-state index contributed by atoms with van der Waals surface area (Å²) < 4.78 is 26.9. The highest BCUT2D eigenvalue weighted by Gasteiger charge is 2.34. The van der Waals surface area contributed by atoms with Crippen LogP contribution in [0.1, 0.15) is 17.2 Å². The van der Waals surface area contributed by atoms with Gasteiger partial charge in [-0.05, 0) is 29.8 Å². The van der Waals surface area contributed by atoms with Crippen LogP contribution in [0.2, 0.25) is 0 Å². The predicted octanol–water partition coefficient (Wildman–Crippen LogP) is 1.85. The number of hydrogen-bond acceptors (Lipinski definition) is 8. The number of benzene rings is 2. The molecule has 2 aromatic carbocycles. The van der Waals surface area contributed by atoms with Crippen LogP contribution in [0.4, 0.5) is 0 Å². The van der Waals surface area contributed by atoms with Crippen molar-refractivity contribution in [1.82, 2.24) is 5.43 Å². The minimum absolute atomic E-state index is 0.201. The van der Waals surface area contributed by atoms with E-state index in [1.165, 1.54) is 0 Å². The third-order valence-electron chi connectivity index (χ3n) is 4.64. The second-order valence-corrected chi connectivity index (χ2v) is 6.08. The lowest BCUT2D eigenvalue weighted by Crippen LogP contribution is -2.27. The third kappa shape index (κ3) is 2.87. The first-order chi connectivity index (χ1) is 13.2. The molecule has 142 valence electrons. The number of nitrogens with zero attached hydrogens (tertiary/aromatic N) is 1. The van der Waals surface area contributed by atoms with Crippen LogP contribution in [0.15, 0.2) is 35.4 Å². The molecule has 2 aliphatic rings. The zero-order valence-electron chi connectivity index (χ0n) is 15.2. The summed E-state index contributed by atoms with van der Waals surface area (Å²) >= 11 is 0. The number of nitrogens with one attached hydrogen (secondary N) is 1. The molecule has 0 saturated heterocycles. The highest BCUT2D eigenvalue weighted by molar-refractivity contribution is 6.06. The maximum absolute atomic E-state index is 10.9. The molecule has 0 amide bonds. The smallest absolute Gasteiger partial charge is 0.231 e. The Balaban J connectivity index is 1.64. The molecular weight excluding hydrogens is 352 g/mol. The van der Waals surface area contributed by atoms with Crippen LogP contribution in [0.5, 0.6) is 28.7 Å². The monoisotopic (exact) mass is 372 g/mol. The summed E-state index contributed by atoms with van der Waals surface area (Å²) in [6.45, 7) is 0.201. The predicted molar refractivity (Wildman–Crippen MR) is 97.1 cm³/mol. The highest BCUT2D eigenvalue weighted by atomic mass is 16.7. The fourth-order valence-corrected chi connectivity index (χ4v) is 3.26. The Bertz CT molecular complexity index is 873. The fraction of sp³-hybridized carbons (Fsp3) is 0.316. The minimum atomic E-state index is -0.867. The SMILES string of the molecule is COc1cc(C2=NNC(c3ccc4c(c3)OCO4)C2O)cc(OC)c1OC. The Labute approximate surface area is 156 Å². The summed E-state index contributed by atoms with van der Waals surface area (Å²) in [7, 11) is 4.63. The van der Waals surface area contributed by atoms with E-state index in [9.17, 15) is 5.11 Å². The Kier molecular flexibility index (Phi) is 4.41. The van der Waals surface area contributed by atoms with Crippen molar-refractivity contribution in [2.45, 2.75) is 12.1 Å². The Morgan fingerprint density at radius 1 is 1.00 bits per heavy atom. The van der Waals surface area contributed by atoms with Gasteiger partial charge in [-0.25, -0.2) is 0 Å². The number of aliphatic hydroxyl groups excluding tert-OH is 1. The molecule has 0 saturated carbocycles. The van der Waals surface area contributed by atoms with Gasteiger partial charge >= 0.3 is 0 Å². The molecule has 2 heterocycles. The van der Waals surface area contributed by atoms with E-state index in [0.717, 1.165) is 5.56 Å². The molecule has 0 bridgehead atoms. The van der Waals surface area contributed by atoms with E-state index in [0.29, 0.717) is 40.0 Å². The van der Waals surface area contributed by atoms with Gasteiger partial charge in [0.25, 0.3) is 0 Å². The number of aliphatic hydroxyl groups is 1. The summed E-state index contributed by atoms with van der Waals surface area (Å²) in [4.78, 5) is 0. The van der Waals surface area contributed by atoms with E-state index < -0.39 is 12.1 Å². The standard InChI is InChI=1S/C19H20N2O6/c1-23-14-7-11(8-15(24-2)19(14)25-3)17-18(22)16(20-21-17)10-4-5-12-13(6-10)27-9-26-12/h4-8,16,18,20,22H,9H2,1-3H3. The largest absolute Gasteiger partial charge is 0.493 e. The maximum atomic E-state index is 10.9. The zero-order valence-corrected chi connectivity index (χ0v) is 15.2. The number of hydrogen-bond donors (Lipinski definition) is 2. The molecule has 0 aliphatic carbocycles. The Morgan fingerprint density at radius 2 is 1.70 bits per heavy atom. The van der Waals surface area contributed by atoms with Gasteiger partial charge in [0.1, 0.15) is 12.1 Å². The van der Waals surface area contributed by atoms with E-state index in [1.54, 1.807) is 33.5 Å². The van der Waals surface area contributed by atoms with E-state index >= 15 is 0 Å². The van der Waals surface area contributed by atoms with Crippen molar-refractivity contribution in [1.29, 1.82) is 0 Å². The first kappa shape index (κ1) is 17.3. The van der Waals surface area contributed by atoms with E-state index in [2.05, 4.69) is 10.5 Å². The van der Waals surface area contributed by atoms with Crippen molar-refractivity contribution in [2.24, 2.45) is 5.10 Å². The average Bonchev–Trinajstić information content (AvgIpc) is 3.32. The molecule has 2 N–H and O–H groups in total. The zero-order chi connectivity index (χ0) is 19.0. The van der Waals surface area contributed by atoms with E-state index in [-0.39, 0.29) is 6.79 Å². The average molecular weight is 372 g/mol. The second kappa shape index (κ2) is 6.88. The lowest BCUT2D eigenvalue weighted by molar-refractivity contribution is 0.173.